The molecule has 0 bridgehead atoms. The Labute approximate surface area is 118 Å². The number of anilines is 1. The van der Waals surface area contributed by atoms with E-state index in [2.05, 4.69) is 29.1 Å². The van der Waals surface area contributed by atoms with E-state index in [1.807, 2.05) is 12.1 Å². The number of aryl methyl sites for hydroxylation is 1. The number of methoxy groups -OCH3 is 1. The lowest BCUT2D eigenvalue weighted by Crippen LogP contribution is -2.06. The highest BCUT2D eigenvalue weighted by atomic mass is 16.5. The van der Waals surface area contributed by atoms with Gasteiger partial charge >= 0.3 is 5.97 Å². The van der Waals surface area contributed by atoms with Crippen LogP contribution in [0.15, 0.2) is 41.0 Å². The molecular weight excluding hydrogens is 254 g/mol. The second-order valence-electron chi connectivity index (χ2n) is 4.57. The van der Waals surface area contributed by atoms with Gasteiger partial charge < -0.3 is 14.5 Å². The number of carbonyl (C=O) groups is 1. The summed E-state index contributed by atoms with van der Waals surface area (Å²) in [5, 5.41) is 3.27. The highest BCUT2D eigenvalue weighted by molar-refractivity contribution is 5.87. The lowest BCUT2D eigenvalue weighted by molar-refractivity contribution is 0.0563. The molecule has 0 radical (unpaired) electrons. The number of carbonyl (C=O) groups excluding carboxylic acids is 1. The molecule has 106 valence electrons. The molecule has 0 aliphatic rings. The van der Waals surface area contributed by atoms with E-state index >= 15 is 0 Å². The summed E-state index contributed by atoms with van der Waals surface area (Å²) in [6.07, 6.45) is 3.73. The normalized spacial score (nSPS) is 10.3. The first-order valence-corrected chi connectivity index (χ1v) is 6.72. The van der Waals surface area contributed by atoms with Crippen molar-refractivity contribution in [3.05, 3.63) is 53.5 Å². The van der Waals surface area contributed by atoms with Crippen molar-refractivity contribution in [2.75, 3.05) is 12.4 Å². The molecule has 2 aromatic rings. The molecule has 0 aliphatic carbocycles. The Morgan fingerprint density at radius 2 is 2.00 bits per heavy atom. The van der Waals surface area contributed by atoms with Crippen LogP contribution in [-0.4, -0.2) is 13.1 Å². The standard InChI is InChI=1S/C16H19NO3/c1-3-4-12-5-7-14(8-6-12)17-11-13-9-10-20-15(13)16(18)19-2/h5-10,17H,3-4,11H2,1-2H3. The van der Waals surface area contributed by atoms with Crippen molar-refractivity contribution >= 4 is 11.7 Å². The Hall–Kier alpha value is -2.23. The van der Waals surface area contributed by atoms with Gasteiger partial charge in [0, 0.05) is 17.8 Å². The Bertz CT molecular complexity index is 557. The first kappa shape index (κ1) is 14.2. The van der Waals surface area contributed by atoms with Crippen LogP contribution in [-0.2, 0) is 17.7 Å². The molecule has 0 saturated carbocycles. The average molecular weight is 273 g/mol. The topological polar surface area (TPSA) is 51.5 Å². The van der Waals surface area contributed by atoms with Gasteiger partial charge in [-0.05, 0) is 30.2 Å². The van der Waals surface area contributed by atoms with Gasteiger partial charge in [-0.1, -0.05) is 25.5 Å². The first-order chi connectivity index (χ1) is 9.74. The van der Waals surface area contributed by atoms with Crippen LogP contribution in [0.25, 0.3) is 0 Å². The molecule has 1 heterocycles. The highest BCUT2D eigenvalue weighted by Crippen LogP contribution is 2.16. The van der Waals surface area contributed by atoms with Crippen molar-refractivity contribution in [2.24, 2.45) is 0 Å². The van der Waals surface area contributed by atoms with E-state index in [9.17, 15) is 4.79 Å². The third-order valence-corrected chi connectivity index (χ3v) is 3.09. The van der Waals surface area contributed by atoms with Gasteiger partial charge in [0.15, 0.2) is 0 Å². The maximum Gasteiger partial charge on any atom is 0.374 e. The van der Waals surface area contributed by atoms with Gasteiger partial charge in [-0.15, -0.1) is 0 Å². The molecule has 2 rings (SSSR count). The van der Waals surface area contributed by atoms with Crippen LogP contribution in [0.3, 0.4) is 0 Å². The largest absolute Gasteiger partial charge is 0.463 e. The molecule has 4 nitrogen and oxygen atoms in total. The zero-order valence-electron chi connectivity index (χ0n) is 11.8. The number of hydrogen-bond donors (Lipinski definition) is 1. The van der Waals surface area contributed by atoms with E-state index in [0.717, 1.165) is 24.1 Å². The highest BCUT2D eigenvalue weighted by Gasteiger charge is 2.15. The van der Waals surface area contributed by atoms with E-state index in [1.165, 1.54) is 18.9 Å². The smallest absolute Gasteiger partial charge is 0.374 e. The van der Waals surface area contributed by atoms with Crippen LogP contribution < -0.4 is 5.32 Å². The van der Waals surface area contributed by atoms with E-state index in [1.54, 1.807) is 6.07 Å². The Morgan fingerprint density at radius 1 is 1.25 bits per heavy atom. The van der Waals surface area contributed by atoms with E-state index in [0.29, 0.717) is 6.54 Å². The summed E-state index contributed by atoms with van der Waals surface area (Å²) >= 11 is 0. The van der Waals surface area contributed by atoms with Gasteiger partial charge in [-0.2, -0.15) is 0 Å². The fourth-order valence-electron chi connectivity index (χ4n) is 2.02. The number of rotatable bonds is 6. The van der Waals surface area contributed by atoms with Crippen LogP contribution in [0.1, 0.15) is 35.0 Å². The maximum atomic E-state index is 11.5. The minimum Gasteiger partial charge on any atom is -0.463 e. The van der Waals surface area contributed by atoms with Crippen molar-refractivity contribution in [1.29, 1.82) is 0 Å². The van der Waals surface area contributed by atoms with Crippen molar-refractivity contribution in [1.82, 2.24) is 0 Å². The van der Waals surface area contributed by atoms with Crippen molar-refractivity contribution < 1.29 is 13.9 Å². The number of benzene rings is 1. The molecular formula is C16H19NO3. The number of ether oxygens (including phenoxy) is 1. The van der Waals surface area contributed by atoms with E-state index < -0.39 is 5.97 Å². The molecule has 1 N–H and O–H groups in total. The van der Waals surface area contributed by atoms with Gasteiger partial charge in [-0.3, -0.25) is 0 Å². The lowest BCUT2D eigenvalue weighted by atomic mass is 10.1. The Kier molecular flexibility index (Phi) is 4.82. The minimum atomic E-state index is -0.454. The summed E-state index contributed by atoms with van der Waals surface area (Å²) in [4.78, 5) is 11.5. The number of esters is 1. The molecule has 0 amide bonds. The van der Waals surface area contributed by atoms with Crippen LogP contribution in [0.4, 0.5) is 5.69 Å². The molecule has 1 aromatic heterocycles. The molecule has 0 spiro atoms. The van der Waals surface area contributed by atoms with Gasteiger partial charge in [0.05, 0.1) is 13.4 Å². The molecule has 0 saturated heterocycles. The molecule has 4 heteroatoms. The molecule has 0 unspecified atom stereocenters. The van der Waals surface area contributed by atoms with Crippen LogP contribution >= 0.6 is 0 Å². The number of furan rings is 1. The number of hydrogen-bond acceptors (Lipinski definition) is 4. The summed E-state index contributed by atoms with van der Waals surface area (Å²) in [5.74, 6) is -0.201. The summed E-state index contributed by atoms with van der Waals surface area (Å²) in [5.41, 5.74) is 3.13. The Balaban J connectivity index is 1.98. The molecule has 0 atom stereocenters. The maximum absolute atomic E-state index is 11.5. The third-order valence-electron chi connectivity index (χ3n) is 3.09. The SMILES string of the molecule is CCCc1ccc(NCc2ccoc2C(=O)OC)cc1. The van der Waals surface area contributed by atoms with Crippen molar-refractivity contribution in [3.63, 3.8) is 0 Å². The average Bonchev–Trinajstić information content (AvgIpc) is 2.94. The van der Waals surface area contributed by atoms with Gasteiger partial charge in [0.1, 0.15) is 0 Å². The summed E-state index contributed by atoms with van der Waals surface area (Å²) < 4.78 is 9.81. The van der Waals surface area contributed by atoms with E-state index in [-0.39, 0.29) is 5.76 Å². The summed E-state index contributed by atoms with van der Waals surface area (Å²) in [7, 11) is 1.34. The Morgan fingerprint density at radius 3 is 2.65 bits per heavy atom. The monoisotopic (exact) mass is 273 g/mol. The molecule has 1 aromatic carbocycles. The third kappa shape index (κ3) is 3.41. The van der Waals surface area contributed by atoms with Crippen molar-refractivity contribution in [3.8, 4) is 0 Å². The van der Waals surface area contributed by atoms with Crippen LogP contribution in [0.5, 0.6) is 0 Å². The lowest BCUT2D eigenvalue weighted by Gasteiger charge is -2.07. The van der Waals surface area contributed by atoms with Crippen LogP contribution in [0, 0.1) is 0 Å². The summed E-state index contributed by atoms with van der Waals surface area (Å²) in [6, 6.07) is 10.1. The van der Waals surface area contributed by atoms with Crippen LogP contribution in [0.2, 0.25) is 0 Å². The van der Waals surface area contributed by atoms with Crippen molar-refractivity contribution in [2.45, 2.75) is 26.3 Å². The summed E-state index contributed by atoms with van der Waals surface area (Å²) in [6.45, 7) is 2.69. The fraction of sp³-hybridized carbons (Fsp3) is 0.312. The predicted octanol–water partition coefficient (Wildman–Crippen LogP) is 3.63. The van der Waals surface area contributed by atoms with E-state index in [4.69, 9.17) is 4.42 Å². The zero-order chi connectivity index (χ0) is 14.4. The molecule has 0 aliphatic heterocycles. The second kappa shape index (κ2) is 6.80. The van der Waals surface area contributed by atoms with Gasteiger partial charge in [0.25, 0.3) is 0 Å². The first-order valence-electron chi connectivity index (χ1n) is 6.72. The predicted molar refractivity (Wildman–Crippen MR) is 77.8 cm³/mol. The minimum absolute atomic E-state index is 0.252. The van der Waals surface area contributed by atoms with Gasteiger partial charge in [0.2, 0.25) is 5.76 Å². The second-order valence-corrected chi connectivity index (χ2v) is 4.57. The fourth-order valence-corrected chi connectivity index (χ4v) is 2.02. The zero-order valence-corrected chi connectivity index (χ0v) is 11.8. The quantitative estimate of drug-likeness (QED) is 0.816. The molecule has 20 heavy (non-hydrogen) atoms. The number of nitrogens with one attached hydrogen (secondary N) is 1. The van der Waals surface area contributed by atoms with Gasteiger partial charge in [-0.25, -0.2) is 4.79 Å². The molecule has 0 fully saturated rings.